The molecular weight excluding hydrogens is 334 g/mol. The van der Waals surface area contributed by atoms with Crippen LogP contribution in [0.25, 0.3) is 0 Å². The highest BCUT2D eigenvalue weighted by molar-refractivity contribution is 5.94. The Morgan fingerprint density at radius 3 is 2.85 bits per heavy atom. The van der Waals surface area contributed by atoms with Gasteiger partial charge in [0.15, 0.2) is 0 Å². The fraction of sp³-hybridized carbons (Fsp3) is 0.684. The van der Waals surface area contributed by atoms with Gasteiger partial charge in [0.2, 0.25) is 0 Å². The summed E-state index contributed by atoms with van der Waals surface area (Å²) in [6.45, 7) is 5.57. The Morgan fingerprint density at radius 2 is 2.15 bits per heavy atom. The molecule has 2 aliphatic heterocycles. The maximum atomic E-state index is 12.7. The third-order valence-electron chi connectivity index (χ3n) is 5.56. The Labute approximate surface area is 154 Å². The molecular formula is C19H29N3O4. The Bertz CT molecular complexity index is 621. The summed E-state index contributed by atoms with van der Waals surface area (Å²) in [4.78, 5) is 21.0. The van der Waals surface area contributed by atoms with Crippen molar-refractivity contribution < 1.29 is 19.7 Å². The normalized spacial score (nSPS) is 26.8. The molecule has 7 heteroatoms. The number of hydrogen-bond donors (Lipinski definition) is 2. The number of nitrogens with zero attached hydrogens (tertiary/aromatic N) is 3. The molecule has 2 fully saturated rings. The summed E-state index contributed by atoms with van der Waals surface area (Å²) < 4.78 is 5.31. The van der Waals surface area contributed by atoms with Crippen molar-refractivity contribution in [3.05, 3.63) is 23.9 Å². The van der Waals surface area contributed by atoms with Gasteiger partial charge in [-0.3, -0.25) is 4.79 Å². The molecule has 144 valence electrons. The molecule has 3 rings (SSSR count). The Hall–Kier alpha value is -1.70. The van der Waals surface area contributed by atoms with Gasteiger partial charge in [0.1, 0.15) is 5.82 Å². The van der Waals surface area contributed by atoms with E-state index >= 15 is 0 Å². The number of rotatable bonds is 5. The molecule has 2 N–H and O–H groups in total. The minimum Gasteiger partial charge on any atom is -0.396 e. The van der Waals surface area contributed by atoms with Crippen LogP contribution >= 0.6 is 0 Å². The molecule has 1 aromatic rings. The monoisotopic (exact) mass is 363 g/mol. The van der Waals surface area contributed by atoms with Crippen molar-refractivity contribution in [2.75, 3.05) is 50.9 Å². The summed E-state index contributed by atoms with van der Waals surface area (Å²) in [5.41, 5.74) is 0.0898. The first kappa shape index (κ1) is 19.1. The lowest BCUT2D eigenvalue weighted by Crippen LogP contribution is -2.54. The summed E-state index contributed by atoms with van der Waals surface area (Å²) >= 11 is 0. The molecule has 2 saturated heterocycles. The van der Waals surface area contributed by atoms with Crippen LogP contribution in [0.15, 0.2) is 18.3 Å². The van der Waals surface area contributed by atoms with Gasteiger partial charge in [0.05, 0.1) is 25.9 Å². The molecule has 1 amide bonds. The van der Waals surface area contributed by atoms with Crippen LogP contribution in [0.2, 0.25) is 0 Å². The molecule has 0 aromatic carbocycles. The average Bonchev–Trinajstić information content (AvgIpc) is 2.70. The second-order valence-electron chi connectivity index (χ2n) is 7.30. The first-order valence-corrected chi connectivity index (χ1v) is 9.46. The van der Waals surface area contributed by atoms with Crippen molar-refractivity contribution in [1.82, 2.24) is 9.88 Å². The van der Waals surface area contributed by atoms with Crippen LogP contribution in [0.3, 0.4) is 0 Å². The molecule has 0 spiro atoms. The van der Waals surface area contributed by atoms with E-state index in [1.165, 1.54) is 0 Å². The number of amides is 1. The van der Waals surface area contributed by atoms with Gasteiger partial charge in [-0.15, -0.1) is 0 Å². The minimum absolute atomic E-state index is 0.00373. The largest absolute Gasteiger partial charge is 0.396 e. The van der Waals surface area contributed by atoms with Crippen molar-refractivity contribution in [1.29, 1.82) is 0 Å². The Balaban J connectivity index is 1.78. The number of aliphatic hydroxyl groups excluding tert-OH is 2. The van der Waals surface area contributed by atoms with Gasteiger partial charge in [-0.2, -0.15) is 0 Å². The predicted octanol–water partition coefficient (Wildman–Crippen LogP) is 0.904. The van der Waals surface area contributed by atoms with E-state index in [0.717, 1.165) is 18.7 Å². The summed E-state index contributed by atoms with van der Waals surface area (Å²) in [6, 6.07) is 3.56. The molecule has 0 radical (unpaired) electrons. The molecule has 0 unspecified atom stereocenters. The highest BCUT2D eigenvalue weighted by Gasteiger charge is 2.42. The molecule has 26 heavy (non-hydrogen) atoms. The standard InChI is InChI=1S/C19H29N3O4/c1-2-5-19(14-23)13-22(7-4-16(19)24)17-12-15(3-6-20-17)18(25)21-8-10-26-11-9-21/h3,6,12,16,23-24H,2,4-5,7-11,13-14H2,1H3/t16-,19-/m0/s1. The van der Waals surface area contributed by atoms with Gasteiger partial charge in [-0.25, -0.2) is 4.98 Å². The van der Waals surface area contributed by atoms with E-state index in [-0.39, 0.29) is 12.5 Å². The van der Waals surface area contributed by atoms with E-state index in [4.69, 9.17) is 4.74 Å². The topological polar surface area (TPSA) is 86.1 Å². The van der Waals surface area contributed by atoms with Gasteiger partial charge in [0, 0.05) is 43.4 Å². The second-order valence-corrected chi connectivity index (χ2v) is 7.30. The van der Waals surface area contributed by atoms with E-state index in [2.05, 4.69) is 16.8 Å². The fourth-order valence-electron chi connectivity index (χ4n) is 4.00. The zero-order chi connectivity index (χ0) is 18.6. The summed E-state index contributed by atoms with van der Waals surface area (Å²) in [6.07, 6.45) is 3.39. The quantitative estimate of drug-likeness (QED) is 0.809. The number of morpholine rings is 1. The molecule has 3 heterocycles. The number of piperidine rings is 1. The number of anilines is 1. The zero-order valence-corrected chi connectivity index (χ0v) is 15.4. The highest BCUT2D eigenvalue weighted by atomic mass is 16.5. The van der Waals surface area contributed by atoms with Crippen molar-refractivity contribution in [2.24, 2.45) is 5.41 Å². The van der Waals surface area contributed by atoms with Crippen molar-refractivity contribution in [3.8, 4) is 0 Å². The highest BCUT2D eigenvalue weighted by Crippen LogP contribution is 2.36. The van der Waals surface area contributed by atoms with Crippen LogP contribution in [0, 0.1) is 5.41 Å². The smallest absolute Gasteiger partial charge is 0.254 e. The lowest BCUT2D eigenvalue weighted by Gasteiger charge is -2.45. The third-order valence-corrected chi connectivity index (χ3v) is 5.56. The van der Waals surface area contributed by atoms with Gasteiger partial charge in [-0.05, 0) is 25.0 Å². The van der Waals surface area contributed by atoms with E-state index in [0.29, 0.717) is 51.4 Å². The average molecular weight is 363 g/mol. The SMILES string of the molecule is CCC[C@@]1(CO)CN(c2cc(C(=O)N3CCOCC3)ccn2)CC[C@@H]1O. The van der Waals surface area contributed by atoms with E-state index in [9.17, 15) is 15.0 Å². The Morgan fingerprint density at radius 1 is 1.38 bits per heavy atom. The molecule has 0 bridgehead atoms. The molecule has 0 aliphatic carbocycles. The zero-order valence-electron chi connectivity index (χ0n) is 15.4. The molecule has 7 nitrogen and oxygen atoms in total. The number of hydrogen-bond acceptors (Lipinski definition) is 6. The van der Waals surface area contributed by atoms with Gasteiger partial charge >= 0.3 is 0 Å². The number of pyridine rings is 1. The van der Waals surface area contributed by atoms with E-state index in [1.807, 2.05) is 6.07 Å². The van der Waals surface area contributed by atoms with Gasteiger partial charge in [-0.1, -0.05) is 13.3 Å². The molecule has 2 aliphatic rings. The molecule has 0 saturated carbocycles. The van der Waals surface area contributed by atoms with E-state index in [1.54, 1.807) is 17.2 Å². The third kappa shape index (κ3) is 3.84. The number of carbonyl (C=O) groups excluding carboxylic acids is 1. The first-order valence-electron chi connectivity index (χ1n) is 9.46. The molecule has 1 aromatic heterocycles. The van der Waals surface area contributed by atoms with Crippen LogP contribution < -0.4 is 4.90 Å². The fourth-order valence-corrected chi connectivity index (χ4v) is 4.00. The van der Waals surface area contributed by atoms with Gasteiger partial charge < -0.3 is 24.7 Å². The summed E-state index contributed by atoms with van der Waals surface area (Å²) in [5.74, 6) is 0.723. The van der Waals surface area contributed by atoms with Crippen LogP contribution in [0.1, 0.15) is 36.5 Å². The molecule has 2 atom stereocenters. The summed E-state index contributed by atoms with van der Waals surface area (Å²) in [5, 5.41) is 20.4. The number of aliphatic hydroxyl groups is 2. The van der Waals surface area contributed by atoms with Gasteiger partial charge in [0.25, 0.3) is 5.91 Å². The number of ether oxygens (including phenoxy) is 1. The second kappa shape index (κ2) is 8.33. The lowest BCUT2D eigenvalue weighted by molar-refractivity contribution is -0.0353. The number of aromatic nitrogens is 1. The number of carbonyl (C=O) groups is 1. The Kier molecular flexibility index (Phi) is 6.11. The van der Waals surface area contributed by atoms with E-state index < -0.39 is 11.5 Å². The van der Waals surface area contributed by atoms with Crippen LogP contribution in [0.4, 0.5) is 5.82 Å². The predicted molar refractivity (Wildman–Crippen MR) is 98.2 cm³/mol. The van der Waals surface area contributed by atoms with Crippen molar-refractivity contribution >= 4 is 11.7 Å². The van der Waals surface area contributed by atoms with Crippen LogP contribution in [-0.2, 0) is 4.74 Å². The van der Waals surface area contributed by atoms with Crippen LogP contribution in [-0.4, -0.2) is 78.1 Å². The first-order chi connectivity index (χ1) is 12.6. The van der Waals surface area contributed by atoms with Crippen molar-refractivity contribution in [3.63, 3.8) is 0 Å². The maximum absolute atomic E-state index is 12.7. The maximum Gasteiger partial charge on any atom is 0.254 e. The van der Waals surface area contributed by atoms with Crippen molar-refractivity contribution in [2.45, 2.75) is 32.3 Å². The van der Waals surface area contributed by atoms with Crippen LogP contribution in [0.5, 0.6) is 0 Å². The minimum atomic E-state index is -0.529. The lowest BCUT2D eigenvalue weighted by atomic mass is 9.74. The summed E-state index contributed by atoms with van der Waals surface area (Å²) in [7, 11) is 0.